The molecule has 37 heavy (non-hydrogen) atoms. The maximum absolute atomic E-state index is 12.4. The van der Waals surface area contributed by atoms with E-state index in [1.807, 2.05) is 0 Å². The Kier molecular flexibility index (Phi) is 13.1. The van der Waals surface area contributed by atoms with E-state index in [4.69, 9.17) is 9.47 Å². The number of piperidine rings is 1. The number of hydrogen-bond acceptors (Lipinski definition) is 6. The molecule has 0 saturated carbocycles. The van der Waals surface area contributed by atoms with Gasteiger partial charge in [-0.05, 0) is 95.2 Å². The largest absolute Gasteiger partial charge is 0.466 e. The number of hydrogen-bond donors (Lipinski definition) is 0. The van der Waals surface area contributed by atoms with Gasteiger partial charge >= 0.3 is 11.9 Å². The monoisotopic (exact) mass is 524 g/mol. The fraction of sp³-hybridized carbons (Fsp3) is 0.935. The van der Waals surface area contributed by atoms with Crippen molar-refractivity contribution in [1.82, 2.24) is 9.80 Å². The smallest absolute Gasteiger partial charge is 0.306 e. The van der Waals surface area contributed by atoms with Gasteiger partial charge in [-0.3, -0.25) is 19.4 Å². The van der Waals surface area contributed by atoms with Crippen molar-refractivity contribution in [2.45, 2.75) is 168 Å². The first-order valence-electron chi connectivity index (χ1n) is 14.8. The van der Waals surface area contributed by atoms with Crippen LogP contribution in [-0.4, -0.2) is 70.7 Å². The highest BCUT2D eigenvalue weighted by Crippen LogP contribution is 2.38. The van der Waals surface area contributed by atoms with Gasteiger partial charge in [0.25, 0.3) is 0 Å². The fourth-order valence-electron chi connectivity index (χ4n) is 5.56. The Bertz CT molecular complexity index is 696. The summed E-state index contributed by atoms with van der Waals surface area (Å²) in [7, 11) is 4.32. The fourth-order valence-corrected chi connectivity index (χ4v) is 5.56. The van der Waals surface area contributed by atoms with E-state index >= 15 is 0 Å². The van der Waals surface area contributed by atoms with E-state index in [0.29, 0.717) is 19.4 Å². The molecule has 218 valence electrons. The molecule has 1 aliphatic rings. The quantitative estimate of drug-likeness (QED) is 0.158. The molecule has 1 fully saturated rings. The summed E-state index contributed by atoms with van der Waals surface area (Å²) < 4.78 is 11.4. The second kappa shape index (κ2) is 14.3. The summed E-state index contributed by atoms with van der Waals surface area (Å²) in [6, 6.07) is 0. The Balaban J connectivity index is 2.12. The number of esters is 2. The van der Waals surface area contributed by atoms with Gasteiger partial charge in [0, 0.05) is 47.8 Å². The summed E-state index contributed by atoms with van der Waals surface area (Å²) >= 11 is 0. The van der Waals surface area contributed by atoms with Crippen LogP contribution in [0.2, 0.25) is 0 Å². The summed E-state index contributed by atoms with van der Waals surface area (Å²) in [6.45, 7) is 20.5. The lowest BCUT2D eigenvalue weighted by atomic mass is 9.79. The van der Waals surface area contributed by atoms with Gasteiger partial charge in [-0.25, -0.2) is 0 Å². The molecule has 1 rings (SSSR count). The zero-order chi connectivity index (χ0) is 28.5. The minimum Gasteiger partial charge on any atom is -0.466 e. The van der Waals surface area contributed by atoms with Crippen molar-refractivity contribution in [3.05, 3.63) is 0 Å². The summed E-state index contributed by atoms with van der Waals surface area (Å²) in [5, 5.41) is 0. The number of unbranched alkanes of at least 4 members (excludes halogenated alkanes) is 5. The van der Waals surface area contributed by atoms with Crippen LogP contribution >= 0.6 is 0 Å². The molecule has 1 saturated heterocycles. The molecular weight excluding hydrogens is 464 g/mol. The normalized spacial score (nSPS) is 18.7. The Hall–Kier alpha value is -1.14. The van der Waals surface area contributed by atoms with Gasteiger partial charge in [-0.1, -0.05) is 32.6 Å². The van der Waals surface area contributed by atoms with Crippen LogP contribution in [0, 0.1) is 0 Å². The molecule has 0 amide bonds. The minimum absolute atomic E-state index is 0.00335. The Morgan fingerprint density at radius 3 is 1.78 bits per heavy atom. The van der Waals surface area contributed by atoms with Crippen LogP contribution in [0.5, 0.6) is 0 Å². The lowest BCUT2D eigenvalue weighted by molar-refractivity contribution is -0.159. The van der Waals surface area contributed by atoms with Gasteiger partial charge in [0.1, 0.15) is 6.10 Å². The summed E-state index contributed by atoms with van der Waals surface area (Å²) in [4.78, 5) is 29.3. The van der Waals surface area contributed by atoms with Gasteiger partial charge in [-0.15, -0.1) is 0 Å². The summed E-state index contributed by atoms with van der Waals surface area (Å²) in [5.41, 5.74) is 0.151. The van der Waals surface area contributed by atoms with E-state index < -0.39 is 0 Å². The molecule has 1 aliphatic heterocycles. The van der Waals surface area contributed by atoms with Crippen molar-refractivity contribution in [1.29, 1.82) is 0 Å². The first kappa shape index (κ1) is 33.9. The van der Waals surface area contributed by atoms with Crippen LogP contribution < -0.4 is 0 Å². The molecule has 0 radical (unpaired) electrons. The third kappa shape index (κ3) is 11.2. The molecule has 0 aliphatic carbocycles. The molecule has 0 spiro atoms. The molecule has 0 bridgehead atoms. The minimum atomic E-state index is -0.0868. The lowest BCUT2D eigenvalue weighted by Gasteiger charge is -2.53. The van der Waals surface area contributed by atoms with Crippen molar-refractivity contribution in [3.63, 3.8) is 0 Å². The molecule has 0 unspecified atom stereocenters. The number of nitrogens with zero attached hydrogens (tertiary/aromatic N) is 2. The molecule has 6 nitrogen and oxygen atoms in total. The van der Waals surface area contributed by atoms with Crippen LogP contribution in [0.15, 0.2) is 0 Å². The number of likely N-dealkylation sites (tertiary alicyclic amines) is 1. The molecule has 6 heteroatoms. The first-order chi connectivity index (χ1) is 16.9. The van der Waals surface area contributed by atoms with Crippen molar-refractivity contribution >= 4 is 11.9 Å². The average molecular weight is 525 g/mol. The first-order valence-corrected chi connectivity index (χ1v) is 14.8. The van der Waals surface area contributed by atoms with Crippen LogP contribution in [0.4, 0.5) is 0 Å². The third-order valence-electron chi connectivity index (χ3n) is 9.24. The second-order valence-corrected chi connectivity index (χ2v) is 13.8. The van der Waals surface area contributed by atoms with E-state index in [0.717, 1.165) is 64.2 Å². The standard InChI is InChI=1S/C31H60N2O4/c1-12-28(2,3)32(10)29(4,5)21-22-36-26(34)19-17-15-13-14-16-18-20-27(35)37-25-23-30(6,7)33(11)31(8,9)24-25/h25H,12-24H2,1-11H3. The van der Waals surface area contributed by atoms with Gasteiger partial charge < -0.3 is 9.47 Å². The van der Waals surface area contributed by atoms with Gasteiger partial charge in [-0.2, -0.15) is 0 Å². The van der Waals surface area contributed by atoms with E-state index in [1.54, 1.807) is 0 Å². The van der Waals surface area contributed by atoms with Crippen LogP contribution in [0.1, 0.15) is 139 Å². The molecule has 0 atom stereocenters. The topological polar surface area (TPSA) is 59.1 Å². The Morgan fingerprint density at radius 1 is 0.838 bits per heavy atom. The number of rotatable bonds is 16. The zero-order valence-corrected chi connectivity index (χ0v) is 26.3. The third-order valence-corrected chi connectivity index (χ3v) is 9.24. The van der Waals surface area contributed by atoms with Crippen molar-refractivity contribution in [3.8, 4) is 0 Å². The van der Waals surface area contributed by atoms with Crippen molar-refractivity contribution < 1.29 is 19.1 Å². The summed E-state index contributed by atoms with van der Waals surface area (Å²) in [5.74, 6) is -0.146. The average Bonchev–Trinajstić information content (AvgIpc) is 2.78. The molecule has 0 N–H and O–H groups in total. The highest BCUT2D eigenvalue weighted by molar-refractivity contribution is 5.69. The van der Waals surface area contributed by atoms with E-state index in [9.17, 15) is 9.59 Å². The predicted molar refractivity (Wildman–Crippen MR) is 154 cm³/mol. The van der Waals surface area contributed by atoms with E-state index in [1.165, 1.54) is 0 Å². The molecular formula is C31H60N2O4. The Labute approximate surface area is 229 Å². The number of carbonyl (C=O) groups is 2. The predicted octanol–water partition coefficient (Wildman–Crippen LogP) is 7.13. The van der Waals surface area contributed by atoms with Crippen molar-refractivity contribution in [2.75, 3.05) is 20.7 Å². The zero-order valence-electron chi connectivity index (χ0n) is 26.3. The molecule has 0 aromatic carbocycles. The van der Waals surface area contributed by atoms with Gasteiger partial charge in [0.05, 0.1) is 6.61 Å². The molecule has 0 aromatic heterocycles. The van der Waals surface area contributed by atoms with Gasteiger partial charge in [0.2, 0.25) is 0 Å². The van der Waals surface area contributed by atoms with Crippen LogP contribution in [0.25, 0.3) is 0 Å². The van der Waals surface area contributed by atoms with Crippen LogP contribution in [-0.2, 0) is 19.1 Å². The lowest BCUT2D eigenvalue weighted by Crippen LogP contribution is -2.60. The second-order valence-electron chi connectivity index (χ2n) is 13.8. The van der Waals surface area contributed by atoms with Gasteiger partial charge in [0.15, 0.2) is 0 Å². The SMILES string of the molecule is CCC(C)(C)N(C)C(C)(C)CCOC(=O)CCCCCCCCC(=O)OC1CC(C)(C)N(C)C(C)(C)C1. The highest BCUT2D eigenvalue weighted by atomic mass is 16.5. The molecule has 0 aromatic rings. The number of ether oxygens (including phenoxy) is 2. The van der Waals surface area contributed by atoms with Crippen molar-refractivity contribution in [2.24, 2.45) is 0 Å². The van der Waals surface area contributed by atoms with E-state index in [-0.39, 0.29) is 40.2 Å². The molecule has 1 heterocycles. The maximum atomic E-state index is 12.4. The highest BCUT2D eigenvalue weighted by Gasteiger charge is 2.44. The summed E-state index contributed by atoms with van der Waals surface area (Å²) in [6.07, 6.45) is 10.6. The number of carbonyl (C=O) groups excluding carboxylic acids is 2. The Morgan fingerprint density at radius 2 is 1.30 bits per heavy atom. The van der Waals surface area contributed by atoms with Crippen LogP contribution in [0.3, 0.4) is 0 Å². The maximum Gasteiger partial charge on any atom is 0.306 e. The van der Waals surface area contributed by atoms with E-state index in [2.05, 4.69) is 86.2 Å².